The first kappa shape index (κ1) is 11.0. The molecule has 1 aliphatic heterocycles. The van der Waals surface area contributed by atoms with Gasteiger partial charge in [0, 0.05) is 11.6 Å². The molecule has 0 unspecified atom stereocenters. The van der Waals surface area contributed by atoms with Crippen molar-refractivity contribution in [1.82, 2.24) is 4.90 Å². The van der Waals surface area contributed by atoms with Gasteiger partial charge in [-0.3, -0.25) is 4.90 Å². The van der Waals surface area contributed by atoms with Gasteiger partial charge in [0.25, 0.3) is 0 Å². The second-order valence-corrected chi connectivity index (χ2v) is 5.42. The molecule has 1 atom stereocenters. The first-order chi connectivity index (χ1) is 5.97. The highest BCUT2D eigenvalue weighted by molar-refractivity contribution is 4.93. The quantitative estimate of drug-likeness (QED) is 0.649. The van der Waals surface area contributed by atoms with Crippen LogP contribution in [0.25, 0.3) is 0 Å². The van der Waals surface area contributed by atoms with Crippen molar-refractivity contribution < 1.29 is 0 Å². The van der Waals surface area contributed by atoms with Crippen molar-refractivity contribution in [3.05, 3.63) is 0 Å². The van der Waals surface area contributed by atoms with Crippen LogP contribution in [-0.2, 0) is 0 Å². The van der Waals surface area contributed by atoms with Gasteiger partial charge in [-0.1, -0.05) is 20.8 Å². The Balaban J connectivity index is 2.58. The van der Waals surface area contributed by atoms with Crippen molar-refractivity contribution in [1.29, 1.82) is 0 Å². The third-order valence-electron chi connectivity index (χ3n) is 3.39. The Morgan fingerprint density at radius 2 is 2.00 bits per heavy atom. The summed E-state index contributed by atoms with van der Waals surface area (Å²) in [6.07, 6.45) is 4.15. The Morgan fingerprint density at radius 1 is 1.38 bits per heavy atom. The molecule has 1 saturated heterocycles. The Hall–Kier alpha value is -0.0400. The Kier molecular flexibility index (Phi) is 3.39. The van der Waals surface area contributed by atoms with E-state index in [-0.39, 0.29) is 0 Å². The lowest BCUT2D eigenvalue weighted by molar-refractivity contribution is 0.125. The van der Waals surface area contributed by atoms with E-state index in [9.17, 15) is 0 Å². The van der Waals surface area contributed by atoms with Crippen LogP contribution in [0.4, 0.5) is 0 Å². The SMILES string of the molecule is CCN1[C@@H](CC(C)C)CCC1(C)C. The largest absolute Gasteiger partial charge is 0.296 e. The Bertz CT molecular complexity index is 161. The Labute approximate surface area is 83.5 Å². The summed E-state index contributed by atoms with van der Waals surface area (Å²) in [7, 11) is 0. The molecule has 1 fully saturated rings. The molecule has 0 N–H and O–H groups in total. The maximum Gasteiger partial charge on any atom is 0.0156 e. The summed E-state index contributed by atoms with van der Waals surface area (Å²) in [6.45, 7) is 12.9. The molecular formula is C12H25N. The predicted octanol–water partition coefficient (Wildman–Crippen LogP) is 3.30. The summed E-state index contributed by atoms with van der Waals surface area (Å²) >= 11 is 0. The molecule has 78 valence electrons. The van der Waals surface area contributed by atoms with E-state index in [1.54, 1.807) is 0 Å². The van der Waals surface area contributed by atoms with Crippen LogP contribution in [0.15, 0.2) is 0 Å². The lowest BCUT2D eigenvalue weighted by Gasteiger charge is -2.35. The zero-order valence-corrected chi connectivity index (χ0v) is 9.93. The molecule has 0 spiro atoms. The third kappa shape index (κ3) is 2.46. The van der Waals surface area contributed by atoms with Gasteiger partial charge in [-0.15, -0.1) is 0 Å². The van der Waals surface area contributed by atoms with Crippen molar-refractivity contribution >= 4 is 0 Å². The van der Waals surface area contributed by atoms with E-state index in [1.807, 2.05) is 0 Å². The van der Waals surface area contributed by atoms with E-state index in [4.69, 9.17) is 0 Å². The van der Waals surface area contributed by atoms with Gasteiger partial charge in [0.1, 0.15) is 0 Å². The smallest absolute Gasteiger partial charge is 0.0156 e. The number of likely N-dealkylation sites (tertiary alicyclic amines) is 1. The van der Waals surface area contributed by atoms with Gasteiger partial charge in [-0.2, -0.15) is 0 Å². The van der Waals surface area contributed by atoms with E-state index in [0.29, 0.717) is 5.54 Å². The maximum absolute atomic E-state index is 2.69. The highest BCUT2D eigenvalue weighted by atomic mass is 15.2. The molecule has 0 bridgehead atoms. The lowest BCUT2D eigenvalue weighted by Crippen LogP contribution is -2.43. The van der Waals surface area contributed by atoms with Gasteiger partial charge < -0.3 is 0 Å². The number of nitrogens with zero attached hydrogens (tertiary/aromatic N) is 1. The van der Waals surface area contributed by atoms with Crippen molar-refractivity contribution in [2.75, 3.05) is 6.54 Å². The normalized spacial score (nSPS) is 28.6. The van der Waals surface area contributed by atoms with Crippen LogP contribution >= 0.6 is 0 Å². The second kappa shape index (κ2) is 4.00. The highest BCUT2D eigenvalue weighted by Gasteiger charge is 2.37. The summed E-state index contributed by atoms with van der Waals surface area (Å²) in [5.74, 6) is 0.841. The van der Waals surface area contributed by atoms with Crippen molar-refractivity contribution in [3.8, 4) is 0 Å². The average molecular weight is 183 g/mol. The molecule has 1 heterocycles. The number of hydrogen-bond donors (Lipinski definition) is 0. The molecule has 13 heavy (non-hydrogen) atoms. The minimum Gasteiger partial charge on any atom is -0.296 e. The minimum atomic E-state index is 0.453. The van der Waals surface area contributed by atoms with Crippen LogP contribution in [0.1, 0.15) is 53.9 Å². The summed E-state index contributed by atoms with van der Waals surface area (Å²) < 4.78 is 0. The van der Waals surface area contributed by atoms with Crippen LogP contribution < -0.4 is 0 Å². The topological polar surface area (TPSA) is 3.24 Å². The monoisotopic (exact) mass is 183 g/mol. The second-order valence-electron chi connectivity index (χ2n) is 5.42. The van der Waals surface area contributed by atoms with E-state index in [1.165, 1.54) is 25.8 Å². The fourth-order valence-electron chi connectivity index (χ4n) is 2.79. The number of hydrogen-bond acceptors (Lipinski definition) is 1. The van der Waals surface area contributed by atoms with Crippen LogP contribution in [0.2, 0.25) is 0 Å². The van der Waals surface area contributed by atoms with Gasteiger partial charge in [0.05, 0.1) is 0 Å². The fraction of sp³-hybridized carbons (Fsp3) is 1.00. The minimum absolute atomic E-state index is 0.453. The summed E-state index contributed by atoms with van der Waals surface area (Å²) in [6, 6.07) is 0.847. The van der Waals surface area contributed by atoms with Gasteiger partial charge in [-0.25, -0.2) is 0 Å². The molecule has 0 aromatic rings. The third-order valence-corrected chi connectivity index (χ3v) is 3.39. The summed E-state index contributed by atoms with van der Waals surface area (Å²) in [5, 5.41) is 0. The van der Waals surface area contributed by atoms with Gasteiger partial charge in [0.2, 0.25) is 0 Å². The molecule has 1 rings (SSSR count). The summed E-state index contributed by atoms with van der Waals surface area (Å²) in [5.41, 5.74) is 0.453. The fourth-order valence-corrected chi connectivity index (χ4v) is 2.79. The van der Waals surface area contributed by atoms with E-state index >= 15 is 0 Å². The highest BCUT2D eigenvalue weighted by Crippen LogP contribution is 2.35. The standard InChI is InChI=1S/C12H25N/c1-6-13-11(9-10(2)3)7-8-12(13,4)5/h10-11H,6-9H2,1-5H3/t11-/m1/s1. The van der Waals surface area contributed by atoms with Crippen molar-refractivity contribution in [2.45, 2.75) is 65.5 Å². The van der Waals surface area contributed by atoms with Crippen LogP contribution in [-0.4, -0.2) is 23.0 Å². The summed E-state index contributed by atoms with van der Waals surface area (Å²) in [4.78, 5) is 2.69. The van der Waals surface area contributed by atoms with Crippen LogP contribution in [0.3, 0.4) is 0 Å². The van der Waals surface area contributed by atoms with E-state index < -0.39 is 0 Å². The van der Waals surface area contributed by atoms with E-state index in [2.05, 4.69) is 39.5 Å². The lowest BCUT2D eigenvalue weighted by atomic mass is 10.0. The Morgan fingerprint density at radius 3 is 2.46 bits per heavy atom. The molecule has 0 saturated carbocycles. The molecule has 0 aromatic heterocycles. The molecule has 0 aromatic carbocycles. The first-order valence-corrected chi connectivity index (χ1v) is 5.74. The molecular weight excluding hydrogens is 158 g/mol. The van der Waals surface area contributed by atoms with Crippen molar-refractivity contribution in [3.63, 3.8) is 0 Å². The molecule has 1 nitrogen and oxygen atoms in total. The predicted molar refractivity (Wildman–Crippen MR) is 58.9 cm³/mol. The molecule has 0 aliphatic carbocycles. The molecule has 0 amide bonds. The van der Waals surface area contributed by atoms with Crippen LogP contribution in [0, 0.1) is 5.92 Å². The molecule has 1 heteroatoms. The van der Waals surface area contributed by atoms with Gasteiger partial charge >= 0.3 is 0 Å². The zero-order chi connectivity index (χ0) is 10.1. The van der Waals surface area contributed by atoms with Crippen molar-refractivity contribution in [2.24, 2.45) is 5.92 Å². The zero-order valence-electron chi connectivity index (χ0n) is 9.93. The van der Waals surface area contributed by atoms with E-state index in [0.717, 1.165) is 12.0 Å². The maximum atomic E-state index is 2.69. The van der Waals surface area contributed by atoms with Gasteiger partial charge in [-0.05, 0) is 45.6 Å². The van der Waals surface area contributed by atoms with Crippen LogP contribution in [0.5, 0.6) is 0 Å². The first-order valence-electron chi connectivity index (χ1n) is 5.74. The number of rotatable bonds is 3. The molecule has 0 radical (unpaired) electrons. The van der Waals surface area contributed by atoms with Gasteiger partial charge in [0.15, 0.2) is 0 Å². The average Bonchev–Trinajstić information content (AvgIpc) is 2.25. The molecule has 1 aliphatic rings.